The van der Waals surface area contributed by atoms with E-state index in [2.05, 4.69) is 68.9 Å². The standard InChI is InChI=1S/C14H15SSi.C5H5.Fe/c1-16(2,3)11-10-13-8-9-14(15-13)12-6-4-5-7-12;1-2-4-5-3-1;/h4-9H,1-3H3;1-5H;/q;;+2. The summed E-state index contributed by atoms with van der Waals surface area (Å²) in [6.45, 7) is 6.81. The maximum Gasteiger partial charge on any atom is 2.00 e. The van der Waals surface area contributed by atoms with Crippen LogP contribution in [0.15, 0.2) is 12.1 Å². The fourth-order valence-corrected chi connectivity index (χ4v) is 3.13. The van der Waals surface area contributed by atoms with Gasteiger partial charge in [0, 0.05) is 10.8 Å². The van der Waals surface area contributed by atoms with Gasteiger partial charge in [-0.3, -0.25) is 0 Å². The minimum Gasteiger partial charge on any atom is -0.131 e. The molecule has 0 amide bonds. The van der Waals surface area contributed by atoms with Gasteiger partial charge in [-0.2, -0.15) is 0 Å². The van der Waals surface area contributed by atoms with Crippen molar-refractivity contribution in [1.29, 1.82) is 0 Å². The third kappa shape index (κ3) is 7.51. The molecule has 3 heteroatoms. The fraction of sp³-hybridized carbons (Fsp3) is 0.158. The molecule has 0 nitrogen and oxygen atoms in total. The quantitative estimate of drug-likeness (QED) is 0.498. The van der Waals surface area contributed by atoms with Crippen molar-refractivity contribution in [3.63, 3.8) is 0 Å². The van der Waals surface area contributed by atoms with Gasteiger partial charge in [0.2, 0.25) is 0 Å². The van der Waals surface area contributed by atoms with Crippen LogP contribution >= 0.6 is 11.3 Å². The van der Waals surface area contributed by atoms with E-state index in [0.717, 1.165) is 0 Å². The molecule has 1 aromatic rings. The van der Waals surface area contributed by atoms with E-state index < -0.39 is 8.07 Å². The molecular weight excluding hydrogens is 344 g/mol. The summed E-state index contributed by atoms with van der Waals surface area (Å²) in [5, 5.41) is 0. The van der Waals surface area contributed by atoms with Crippen LogP contribution in [-0.2, 0) is 17.1 Å². The predicted octanol–water partition coefficient (Wildman–Crippen LogP) is 4.75. The first-order valence-corrected chi connectivity index (χ1v) is 11.4. The molecule has 112 valence electrons. The van der Waals surface area contributed by atoms with Crippen LogP contribution in [0.3, 0.4) is 0 Å². The molecule has 0 unspecified atom stereocenters. The van der Waals surface area contributed by atoms with E-state index in [1.54, 1.807) is 11.3 Å². The zero-order valence-electron chi connectivity index (χ0n) is 13.1. The van der Waals surface area contributed by atoms with Crippen molar-refractivity contribution in [2.45, 2.75) is 19.6 Å². The predicted molar refractivity (Wildman–Crippen MR) is 95.6 cm³/mol. The molecule has 0 aromatic carbocycles. The monoisotopic (exact) mass is 364 g/mol. The molecule has 2 aliphatic rings. The van der Waals surface area contributed by atoms with Gasteiger partial charge in [-0.05, 0) is 69.9 Å². The maximum atomic E-state index is 3.40. The van der Waals surface area contributed by atoms with Crippen molar-refractivity contribution in [2.24, 2.45) is 0 Å². The normalized spacial score (nSPS) is 18.0. The third-order valence-corrected chi connectivity index (χ3v) is 4.59. The van der Waals surface area contributed by atoms with Crippen LogP contribution in [0.4, 0.5) is 0 Å². The molecule has 2 fully saturated rings. The average Bonchev–Trinajstić information content (AvgIpc) is 3.17. The molecule has 0 N–H and O–H groups in total. The topological polar surface area (TPSA) is 0 Å². The molecule has 0 aliphatic heterocycles. The molecule has 2 saturated carbocycles. The molecule has 2 aliphatic carbocycles. The second-order valence-electron chi connectivity index (χ2n) is 5.80. The van der Waals surface area contributed by atoms with Gasteiger partial charge in [-0.15, -0.1) is 16.9 Å². The Morgan fingerprint density at radius 1 is 0.818 bits per heavy atom. The van der Waals surface area contributed by atoms with Gasteiger partial charge in [-0.25, -0.2) is 0 Å². The van der Waals surface area contributed by atoms with Crippen LogP contribution in [-0.4, -0.2) is 8.07 Å². The summed E-state index contributed by atoms with van der Waals surface area (Å²) < 4.78 is 0. The SMILES string of the molecule is C[Si](C)(C)C#Cc1ccc([C]2[CH][CH][CH][CH]2)s1.[CH]1[CH][CH][CH][CH]1.[Fe+2]. The first-order valence-electron chi connectivity index (χ1n) is 7.06. The second-order valence-corrected chi connectivity index (χ2v) is 11.6. The van der Waals surface area contributed by atoms with E-state index in [1.165, 1.54) is 15.7 Å². The molecule has 0 saturated heterocycles. The van der Waals surface area contributed by atoms with E-state index in [9.17, 15) is 0 Å². The van der Waals surface area contributed by atoms with E-state index >= 15 is 0 Å². The Labute approximate surface area is 153 Å². The van der Waals surface area contributed by atoms with Gasteiger partial charge in [-0.1, -0.05) is 25.6 Å². The average molecular weight is 364 g/mol. The van der Waals surface area contributed by atoms with Gasteiger partial charge in [0.15, 0.2) is 0 Å². The van der Waals surface area contributed by atoms with Crippen LogP contribution in [0, 0.1) is 75.2 Å². The van der Waals surface area contributed by atoms with Crippen LogP contribution < -0.4 is 0 Å². The Morgan fingerprint density at radius 3 is 1.86 bits per heavy atom. The number of hydrogen-bond acceptors (Lipinski definition) is 1. The Bertz CT molecular complexity index is 472. The Morgan fingerprint density at radius 2 is 1.36 bits per heavy atom. The number of rotatable bonds is 1. The van der Waals surface area contributed by atoms with Gasteiger partial charge in [0.25, 0.3) is 0 Å². The Hall–Kier alpha value is -0.00364. The third-order valence-electron chi connectivity index (χ3n) is 2.67. The summed E-state index contributed by atoms with van der Waals surface area (Å²) in [6.07, 6.45) is 18.4. The van der Waals surface area contributed by atoms with Crippen LogP contribution in [0.2, 0.25) is 19.6 Å². The summed E-state index contributed by atoms with van der Waals surface area (Å²) in [5.74, 6) is 4.59. The minimum absolute atomic E-state index is 0. The molecule has 0 spiro atoms. The summed E-state index contributed by atoms with van der Waals surface area (Å²) in [4.78, 5) is 2.49. The van der Waals surface area contributed by atoms with Crippen molar-refractivity contribution in [3.8, 4) is 11.5 Å². The minimum atomic E-state index is -1.25. The van der Waals surface area contributed by atoms with Crippen LogP contribution in [0.1, 0.15) is 9.75 Å². The van der Waals surface area contributed by atoms with Crippen molar-refractivity contribution in [3.05, 3.63) is 85.6 Å². The van der Waals surface area contributed by atoms with Crippen LogP contribution in [0.25, 0.3) is 0 Å². The molecule has 22 heavy (non-hydrogen) atoms. The zero-order chi connectivity index (χ0) is 15.1. The maximum absolute atomic E-state index is 3.40. The van der Waals surface area contributed by atoms with E-state index in [4.69, 9.17) is 0 Å². The van der Waals surface area contributed by atoms with Crippen molar-refractivity contribution < 1.29 is 17.1 Å². The van der Waals surface area contributed by atoms with E-state index in [0.29, 0.717) is 0 Å². The second kappa shape index (κ2) is 9.99. The Balaban J connectivity index is 0.000000344. The Kier molecular flexibility index (Phi) is 9.10. The van der Waals surface area contributed by atoms with Gasteiger partial charge in [0.1, 0.15) is 8.07 Å². The molecular formula is C19H20FeSSi+2. The molecule has 0 bridgehead atoms. The summed E-state index contributed by atoms with van der Waals surface area (Å²) >= 11 is 1.78. The van der Waals surface area contributed by atoms with E-state index in [-0.39, 0.29) is 17.1 Å². The number of thiophene rings is 1. The molecule has 3 rings (SSSR count). The molecule has 10 radical (unpaired) electrons. The van der Waals surface area contributed by atoms with Gasteiger partial charge < -0.3 is 0 Å². The molecule has 1 heterocycles. The zero-order valence-corrected chi connectivity index (χ0v) is 16.0. The smallest absolute Gasteiger partial charge is 0.131 e. The van der Waals surface area contributed by atoms with Crippen molar-refractivity contribution in [2.75, 3.05) is 0 Å². The van der Waals surface area contributed by atoms with Gasteiger partial charge >= 0.3 is 17.1 Å². The fourth-order valence-electron chi connectivity index (χ4n) is 1.67. The summed E-state index contributed by atoms with van der Waals surface area (Å²) in [6, 6.07) is 4.29. The number of hydrogen-bond donors (Lipinski definition) is 0. The van der Waals surface area contributed by atoms with Gasteiger partial charge in [0.05, 0.1) is 4.88 Å². The van der Waals surface area contributed by atoms with Crippen molar-refractivity contribution in [1.82, 2.24) is 0 Å². The van der Waals surface area contributed by atoms with E-state index in [1.807, 2.05) is 32.1 Å². The van der Waals surface area contributed by atoms with Crippen LogP contribution in [0.5, 0.6) is 0 Å². The first kappa shape index (κ1) is 20.0. The first-order chi connectivity index (χ1) is 10.0. The van der Waals surface area contributed by atoms with Crippen molar-refractivity contribution >= 4 is 19.4 Å². The molecule has 0 atom stereocenters. The molecule has 1 aromatic heterocycles. The summed E-state index contributed by atoms with van der Waals surface area (Å²) in [7, 11) is -1.25. The summed E-state index contributed by atoms with van der Waals surface area (Å²) in [5.41, 5.74) is 3.40. The largest absolute Gasteiger partial charge is 2.00 e.